The van der Waals surface area contributed by atoms with Crippen molar-refractivity contribution in [2.24, 2.45) is 0 Å². The summed E-state index contributed by atoms with van der Waals surface area (Å²) in [6.45, 7) is 2.03. The standard InChI is InChI=1S/C11H8N4/c1-7-2-3-8-9(4-7)15-11-10(14-8)5-12-6-13-11/h2-6H,1H3. The normalized spacial score (nSPS) is 11.0. The van der Waals surface area contributed by atoms with Crippen LogP contribution < -0.4 is 0 Å². The molecule has 0 saturated heterocycles. The Hall–Kier alpha value is -2.10. The number of aryl methyl sites for hydroxylation is 1. The Kier molecular flexibility index (Phi) is 1.62. The molecule has 1 aromatic carbocycles. The molecule has 3 aromatic rings. The lowest BCUT2D eigenvalue weighted by atomic mass is 10.2. The molecule has 0 aliphatic carbocycles. The van der Waals surface area contributed by atoms with E-state index in [4.69, 9.17) is 0 Å². The molecule has 0 bridgehead atoms. The molecule has 0 spiro atoms. The summed E-state index contributed by atoms with van der Waals surface area (Å²) in [5.74, 6) is 0. The largest absolute Gasteiger partial charge is 0.242 e. The Labute approximate surface area is 86.0 Å². The molecule has 3 rings (SSSR count). The molecule has 4 heteroatoms. The summed E-state index contributed by atoms with van der Waals surface area (Å²) in [5.41, 5.74) is 4.30. The van der Waals surface area contributed by atoms with Gasteiger partial charge in [-0.1, -0.05) is 6.07 Å². The van der Waals surface area contributed by atoms with Crippen LogP contribution in [0.3, 0.4) is 0 Å². The van der Waals surface area contributed by atoms with Crippen LogP contribution in [0.4, 0.5) is 0 Å². The number of fused-ring (bicyclic) bond motifs is 2. The fourth-order valence-corrected chi connectivity index (χ4v) is 1.54. The predicted octanol–water partition coefficient (Wildman–Crippen LogP) is 1.88. The SMILES string of the molecule is Cc1ccc2nc3cncnc3nc2c1. The molecule has 15 heavy (non-hydrogen) atoms. The van der Waals surface area contributed by atoms with Gasteiger partial charge in [-0.05, 0) is 24.6 Å². The lowest BCUT2D eigenvalue weighted by Gasteiger charge is -1.99. The number of rotatable bonds is 0. The summed E-state index contributed by atoms with van der Waals surface area (Å²) in [6.07, 6.45) is 3.16. The Morgan fingerprint density at radius 2 is 1.93 bits per heavy atom. The highest BCUT2D eigenvalue weighted by atomic mass is 14.9. The molecule has 0 fully saturated rings. The zero-order valence-corrected chi connectivity index (χ0v) is 8.18. The second-order valence-electron chi connectivity index (χ2n) is 3.45. The van der Waals surface area contributed by atoms with E-state index >= 15 is 0 Å². The minimum absolute atomic E-state index is 0.642. The highest BCUT2D eigenvalue weighted by Gasteiger charge is 2.01. The summed E-state index contributed by atoms with van der Waals surface area (Å²) in [6, 6.07) is 5.99. The van der Waals surface area contributed by atoms with Crippen LogP contribution in [0, 0.1) is 6.92 Å². The number of nitrogens with zero attached hydrogens (tertiary/aromatic N) is 4. The monoisotopic (exact) mass is 196 g/mol. The second kappa shape index (κ2) is 2.95. The zero-order chi connectivity index (χ0) is 10.3. The first-order valence-electron chi connectivity index (χ1n) is 4.67. The molecule has 2 heterocycles. The Morgan fingerprint density at radius 3 is 2.87 bits per heavy atom. The van der Waals surface area contributed by atoms with Crippen molar-refractivity contribution in [1.82, 2.24) is 19.9 Å². The average Bonchev–Trinajstić information content (AvgIpc) is 2.26. The van der Waals surface area contributed by atoms with E-state index < -0.39 is 0 Å². The molecule has 4 nitrogen and oxygen atoms in total. The molecule has 0 radical (unpaired) electrons. The Morgan fingerprint density at radius 1 is 1.00 bits per heavy atom. The third kappa shape index (κ3) is 1.30. The maximum Gasteiger partial charge on any atom is 0.181 e. The first-order valence-corrected chi connectivity index (χ1v) is 4.67. The average molecular weight is 196 g/mol. The first kappa shape index (κ1) is 8.23. The third-order valence-corrected chi connectivity index (χ3v) is 2.27. The van der Waals surface area contributed by atoms with Crippen LogP contribution in [0.1, 0.15) is 5.56 Å². The Bertz CT molecular complexity index is 648. The van der Waals surface area contributed by atoms with Crippen LogP contribution in [0.5, 0.6) is 0 Å². The summed E-state index contributed by atoms with van der Waals surface area (Å²) < 4.78 is 0. The Balaban J connectivity index is 2.47. The van der Waals surface area contributed by atoms with Gasteiger partial charge in [0.25, 0.3) is 0 Å². The molecule has 0 unspecified atom stereocenters. The van der Waals surface area contributed by atoms with Crippen LogP contribution in [-0.2, 0) is 0 Å². The zero-order valence-electron chi connectivity index (χ0n) is 8.18. The van der Waals surface area contributed by atoms with Crippen molar-refractivity contribution in [3.05, 3.63) is 36.3 Å². The van der Waals surface area contributed by atoms with Crippen molar-refractivity contribution in [3.63, 3.8) is 0 Å². The highest BCUT2D eigenvalue weighted by molar-refractivity contribution is 5.83. The fraction of sp³-hybridized carbons (Fsp3) is 0.0909. The van der Waals surface area contributed by atoms with Crippen molar-refractivity contribution in [2.75, 3.05) is 0 Å². The van der Waals surface area contributed by atoms with Crippen LogP contribution >= 0.6 is 0 Å². The van der Waals surface area contributed by atoms with Gasteiger partial charge in [-0.15, -0.1) is 0 Å². The van der Waals surface area contributed by atoms with E-state index in [1.807, 2.05) is 25.1 Å². The van der Waals surface area contributed by atoms with Crippen LogP contribution in [-0.4, -0.2) is 19.9 Å². The van der Waals surface area contributed by atoms with E-state index in [2.05, 4.69) is 19.9 Å². The molecule has 0 aliphatic heterocycles. The van der Waals surface area contributed by atoms with Crippen molar-refractivity contribution in [1.29, 1.82) is 0 Å². The minimum Gasteiger partial charge on any atom is -0.242 e. The molecule has 0 saturated carbocycles. The molecule has 0 N–H and O–H groups in total. The van der Waals surface area contributed by atoms with Gasteiger partial charge in [0.2, 0.25) is 0 Å². The van der Waals surface area contributed by atoms with Gasteiger partial charge in [0, 0.05) is 0 Å². The van der Waals surface area contributed by atoms with Crippen LogP contribution in [0.2, 0.25) is 0 Å². The van der Waals surface area contributed by atoms with Crippen molar-refractivity contribution >= 4 is 22.2 Å². The van der Waals surface area contributed by atoms with Crippen LogP contribution in [0.25, 0.3) is 22.2 Å². The maximum atomic E-state index is 4.43. The van der Waals surface area contributed by atoms with Gasteiger partial charge < -0.3 is 0 Å². The van der Waals surface area contributed by atoms with Gasteiger partial charge in [0.1, 0.15) is 11.8 Å². The summed E-state index contributed by atoms with van der Waals surface area (Å²) in [5, 5.41) is 0. The molecule has 0 aliphatic rings. The van der Waals surface area contributed by atoms with E-state index in [1.54, 1.807) is 6.20 Å². The van der Waals surface area contributed by atoms with Crippen LogP contribution in [0.15, 0.2) is 30.7 Å². The van der Waals surface area contributed by atoms with E-state index in [1.165, 1.54) is 11.9 Å². The van der Waals surface area contributed by atoms with E-state index in [9.17, 15) is 0 Å². The van der Waals surface area contributed by atoms with Crippen molar-refractivity contribution < 1.29 is 0 Å². The third-order valence-electron chi connectivity index (χ3n) is 2.27. The van der Waals surface area contributed by atoms with Gasteiger partial charge in [-0.2, -0.15) is 0 Å². The predicted molar refractivity (Wildman–Crippen MR) is 57.4 cm³/mol. The van der Waals surface area contributed by atoms with E-state index in [0.717, 1.165) is 16.6 Å². The molecule has 0 amide bonds. The fourth-order valence-electron chi connectivity index (χ4n) is 1.54. The number of hydrogen-bond acceptors (Lipinski definition) is 4. The summed E-state index contributed by atoms with van der Waals surface area (Å²) in [4.78, 5) is 16.9. The van der Waals surface area contributed by atoms with E-state index in [-0.39, 0.29) is 0 Å². The van der Waals surface area contributed by atoms with Crippen molar-refractivity contribution in [2.45, 2.75) is 6.92 Å². The van der Waals surface area contributed by atoms with Crippen molar-refractivity contribution in [3.8, 4) is 0 Å². The minimum atomic E-state index is 0.642. The second-order valence-corrected chi connectivity index (χ2v) is 3.45. The van der Waals surface area contributed by atoms with Gasteiger partial charge in [0.15, 0.2) is 5.65 Å². The quantitative estimate of drug-likeness (QED) is 0.515. The molecular weight excluding hydrogens is 188 g/mol. The lowest BCUT2D eigenvalue weighted by molar-refractivity contribution is 1.17. The smallest absolute Gasteiger partial charge is 0.181 e. The summed E-state index contributed by atoms with van der Waals surface area (Å²) >= 11 is 0. The van der Waals surface area contributed by atoms with Gasteiger partial charge in [0.05, 0.1) is 17.2 Å². The van der Waals surface area contributed by atoms with Gasteiger partial charge >= 0.3 is 0 Å². The maximum absolute atomic E-state index is 4.43. The lowest BCUT2D eigenvalue weighted by Crippen LogP contribution is -1.91. The topological polar surface area (TPSA) is 51.6 Å². The molecular formula is C11H8N4. The van der Waals surface area contributed by atoms with Gasteiger partial charge in [-0.3, -0.25) is 0 Å². The van der Waals surface area contributed by atoms with Gasteiger partial charge in [-0.25, -0.2) is 19.9 Å². The summed E-state index contributed by atoms with van der Waals surface area (Å²) in [7, 11) is 0. The molecule has 2 aromatic heterocycles. The number of hydrogen-bond donors (Lipinski definition) is 0. The highest BCUT2D eigenvalue weighted by Crippen LogP contribution is 2.14. The first-order chi connectivity index (χ1) is 7.33. The number of benzene rings is 1. The molecule has 0 atom stereocenters. The number of aromatic nitrogens is 4. The van der Waals surface area contributed by atoms with E-state index in [0.29, 0.717) is 5.65 Å². The molecule has 72 valence electrons.